The number of carbonyl (C=O) groups is 3. The summed E-state index contributed by atoms with van der Waals surface area (Å²) in [5.41, 5.74) is -0.583. The standard InChI is InChI=1S/C14H24N2O5/c1-9(15-13(20)14(2,3)4)12(19)16-5-6-21-8-10(16)7-11(17)18/h9-10H,5-8H2,1-4H3,(H,15,20)(H,17,18). The Kier molecular flexibility index (Phi) is 5.71. The molecule has 2 N–H and O–H groups in total. The topological polar surface area (TPSA) is 95.9 Å². The van der Waals surface area contributed by atoms with Gasteiger partial charge in [-0.25, -0.2) is 0 Å². The van der Waals surface area contributed by atoms with E-state index in [4.69, 9.17) is 9.84 Å². The molecule has 0 radical (unpaired) electrons. The molecular weight excluding hydrogens is 276 g/mol. The van der Waals surface area contributed by atoms with Crippen LogP contribution in [-0.2, 0) is 19.1 Å². The SMILES string of the molecule is CC(NC(=O)C(C)(C)C)C(=O)N1CCOCC1CC(=O)O. The maximum Gasteiger partial charge on any atom is 0.305 e. The molecular formula is C14H24N2O5. The van der Waals surface area contributed by atoms with Gasteiger partial charge in [-0.1, -0.05) is 20.8 Å². The van der Waals surface area contributed by atoms with Crippen molar-refractivity contribution < 1.29 is 24.2 Å². The molecule has 1 rings (SSSR count). The lowest BCUT2D eigenvalue weighted by molar-refractivity contribution is -0.149. The third-order valence-corrected chi connectivity index (χ3v) is 3.32. The molecule has 21 heavy (non-hydrogen) atoms. The molecule has 1 aliphatic heterocycles. The zero-order valence-corrected chi connectivity index (χ0v) is 13.0. The predicted molar refractivity (Wildman–Crippen MR) is 75.6 cm³/mol. The van der Waals surface area contributed by atoms with Gasteiger partial charge >= 0.3 is 5.97 Å². The fourth-order valence-electron chi connectivity index (χ4n) is 2.04. The van der Waals surface area contributed by atoms with E-state index in [0.29, 0.717) is 13.2 Å². The number of carboxylic acids is 1. The van der Waals surface area contributed by atoms with Crippen molar-refractivity contribution >= 4 is 17.8 Å². The van der Waals surface area contributed by atoms with Gasteiger partial charge in [0.1, 0.15) is 6.04 Å². The molecule has 1 aliphatic rings. The molecule has 7 nitrogen and oxygen atoms in total. The first-order valence-corrected chi connectivity index (χ1v) is 7.04. The van der Waals surface area contributed by atoms with Crippen LogP contribution in [0.2, 0.25) is 0 Å². The Hall–Kier alpha value is -1.63. The number of hydrogen-bond donors (Lipinski definition) is 2. The van der Waals surface area contributed by atoms with Crippen molar-refractivity contribution in [2.75, 3.05) is 19.8 Å². The van der Waals surface area contributed by atoms with Gasteiger partial charge in [0.15, 0.2) is 0 Å². The number of amides is 2. The van der Waals surface area contributed by atoms with Crippen LogP contribution in [0, 0.1) is 5.41 Å². The fraction of sp³-hybridized carbons (Fsp3) is 0.786. The highest BCUT2D eigenvalue weighted by atomic mass is 16.5. The summed E-state index contributed by atoms with van der Waals surface area (Å²) >= 11 is 0. The van der Waals surface area contributed by atoms with Crippen LogP contribution in [-0.4, -0.2) is 59.6 Å². The minimum absolute atomic E-state index is 0.161. The third-order valence-electron chi connectivity index (χ3n) is 3.32. The van der Waals surface area contributed by atoms with Gasteiger partial charge in [-0.2, -0.15) is 0 Å². The first-order valence-electron chi connectivity index (χ1n) is 7.04. The second kappa shape index (κ2) is 6.89. The van der Waals surface area contributed by atoms with E-state index in [0.717, 1.165) is 0 Å². The number of morpholine rings is 1. The van der Waals surface area contributed by atoms with Crippen molar-refractivity contribution in [1.29, 1.82) is 0 Å². The van der Waals surface area contributed by atoms with E-state index in [2.05, 4.69) is 5.32 Å². The molecule has 1 fully saturated rings. The van der Waals surface area contributed by atoms with Gasteiger partial charge in [0, 0.05) is 12.0 Å². The summed E-state index contributed by atoms with van der Waals surface area (Å²) < 4.78 is 5.23. The first kappa shape index (κ1) is 17.4. The molecule has 7 heteroatoms. The normalized spacial score (nSPS) is 20.8. The smallest absolute Gasteiger partial charge is 0.305 e. The van der Waals surface area contributed by atoms with E-state index in [1.807, 2.05) is 0 Å². The fourth-order valence-corrected chi connectivity index (χ4v) is 2.04. The van der Waals surface area contributed by atoms with Crippen LogP contribution in [0.3, 0.4) is 0 Å². The van der Waals surface area contributed by atoms with Gasteiger partial charge in [-0.15, -0.1) is 0 Å². The highest BCUT2D eigenvalue weighted by Gasteiger charge is 2.33. The summed E-state index contributed by atoms with van der Waals surface area (Å²) in [7, 11) is 0. The molecule has 1 heterocycles. The summed E-state index contributed by atoms with van der Waals surface area (Å²) in [6.45, 7) is 7.83. The maximum atomic E-state index is 12.4. The number of rotatable bonds is 4. The summed E-state index contributed by atoms with van der Waals surface area (Å²) in [6.07, 6.45) is -0.161. The summed E-state index contributed by atoms with van der Waals surface area (Å²) in [5, 5.41) is 11.6. The van der Waals surface area contributed by atoms with Crippen molar-refractivity contribution in [3.05, 3.63) is 0 Å². The predicted octanol–water partition coefficient (Wildman–Crippen LogP) is 0.239. The van der Waals surface area contributed by atoms with E-state index in [9.17, 15) is 14.4 Å². The molecule has 0 aromatic carbocycles. The number of nitrogens with zero attached hydrogens (tertiary/aromatic N) is 1. The van der Waals surface area contributed by atoms with Crippen molar-refractivity contribution in [1.82, 2.24) is 10.2 Å². The van der Waals surface area contributed by atoms with Crippen LogP contribution >= 0.6 is 0 Å². The molecule has 0 saturated carbocycles. The molecule has 0 aromatic rings. The Bertz CT molecular complexity index is 416. The highest BCUT2D eigenvalue weighted by molar-refractivity contribution is 5.89. The van der Waals surface area contributed by atoms with E-state index in [1.165, 1.54) is 4.90 Å². The quantitative estimate of drug-likeness (QED) is 0.775. The van der Waals surface area contributed by atoms with Crippen molar-refractivity contribution in [2.45, 2.75) is 46.2 Å². The minimum Gasteiger partial charge on any atom is -0.481 e. The Balaban J connectivity index is 2.70. The Morgan fingerprint density at radius 1 is 1.38 bits per heavy atom. The number of carbonyl (C=O) groups excluding carboxylic acids is 2. The lowest BCUT2D eigenvalue weighted by atomic mass is 9.95. The van der Waals surface area contributed by atoms with E-state index in [-0.39, 0.29) is 24.8 Å². The lowest BCUT2D eigenvalue weighted by Crippen LogP contribution is -2.56. The van der Waals surface area contributed by atoms with E-state index >= 15 is 0 Å². The monoisotopic (exact) mass is 300 g/mol. The van der Waals surface area contributed by atoms with Gasteiger partial charge in [0.25, 0.3) is 0 Å². The van der Waals surface area contributed by atoms with Gasteiger partial charge < -0.3 is 20.1 Å². The van der Waals surface area contributed by atoms with Gasteiger partial charge in [-0.3, -0.25) is 14.4 Å². The zero-order valence-electron chi connectivity index (χ0n) is 13.0. The van der Waals surface area contributed by atoms with Crippen LogP contribution < -0.4 is 5.32 Å². The number of ether oxygens (including phenoxy) is 1. The Labute approximate surface area is 124 Å². The van der Waals surface area contributed by atoms with Crippen LogP contribution in [0.5, 0.6) is 0 Å². The molecule has 0 aromatic heterocycles. The number of carboxylic acid groups (broad SMARTS) is 1. The molecule has 2 unspecified atom stereocenters. The highest BCUT2D eigenvalue weighted by Crippen LogP contribution is 2.15. The van der Waals surface area contributed by atoms with Crippen molar-refractivity contribution in [3.8, 4) is 0 Å². The molecule has 0 bridgehead atoms. The van der Waals surface area contributed by atoms with Gasteiger partial charge in [0.05, 0.1) is 25.7 Å². The number of hydrogen-bond acceptors (Lipinski definition) is 4. The molecule has 1 saturated heterocycles. The van der Waals surface area contributed by atoms with E-state index < -0.39 is 23.5 Å². The number of aliphatic carboxylic acids is 1. The average molecular weight is 300 g/mol. The molecule has 0 spiro atoms. The van der Waals surface area contributed by atoms with Crippen molar-refractivity contribution in [3.63, 3.8) is 0 Å². The lowest BCUT2D eigenvalue weighted by Gasteiger charge is -2.36. The Morgan fingerprint density at radius 3 is 2.52 bits per heavy atom. The summed E-state index contributed by atoms with van der Waals surface area (Å²) in [6, 6.07) is -1.18. The molecule has 2 amide bonds. The Morgan fingerprint density at radius 2 is 2.00 bits per heavy atom. The number of nitrogens with one attached hydrogen (secondary N) is 1. The molecule has 0 aliphatic carbocycles. The minimum atomic E-state index is -0.977. The summed E-state index contributed by atoms with van der Waals surface area (Å²) in [4.78, 5) is 36.7. The van der Waals surface area contributed by atoms with Crippen LogP contribution in [0.4, 0.5) is 0 Å². The van der Waals surface area contributed by atoms with E-state index in [1.54, 1.807) is 27.7 Å². The largest absolute Gasteiger partial charge is 0.481 e. The second-order valence-corrected chi connectivity index (χ2v) is 6.30. The second-order valence-electron chi connectivity index (χ2n) is 6.30. The first-order chi connectivity index (χ1) is 9.62. The molecule has 120 valence electrons. The van der Waals surface area contributed by atoms with Gasteiger partial charge in [-0.05, 0) is 6.92 Å². The van der Waals surface area contributed by atoms with Crippen LogP contribution in [0.15, 0.2) is 0 Å². The van der Waals surface area contributed by atoms with Crippen LogP contribution in [0.25, 0.3) is 0 Å². The maximum absolute atomic E-state index is 12.4. The molecule has 2 atom stereocenters. The average Bonchev–Trinajstić information content (AvgIpc) is 2.36. The van der Waals surface area contributed by atoms with Gasteiger partial charge in [0.2, 0.25) is 11.8 Å². The van der Waals surface area contributed by atoms with Crippen LogP contribution in [0.1, 0.15) is 34.1 Å². The summed E-state index contributed by atoms with van der Waals surface area (Å²) in [5.74, 6) is -1.47. The third kappa shape index (κ3) is 5.00. The zero-order chi connectivity index (χ0) is 16.2. The van der Waals surface area contributed by atoms with Crippen molar-refractivity contribution in [2.24, 2.45) is 5.41 Å².